The first-order chi connectivity index (χ1) is 7.16. The third kappa shape index (κ3) is 1.68. The lowest BCUT2D eigenvalue weighted by Gasteiger charge is -2.14. The van der Waals surface area contributed by atoms with Crippen molar-refractivity contribution in [3.8, 4) is 0 Å². The average Bonchev–Trinajstić information content (AvgIpc) is 2.64. The molecule has 0 spiro atoms. The van der Waals surface area contributed by atoms with E-state index in [1.54, 1.807) is 12.5 Å². The van der Waals surface area contributed by atoms with Gasteiger partial charge >= 0.3 is 0 Å². The standard InChI is InChI=1S/C9H9N3O2S.ClH/c13-15(14)2-1-7-6(4-15)9-8(3-10-7)11-5-12-9;/h3,5H,1-2,4H2,(H,11,12);1H. The van der Waals surface area contributed by atoms with Crippen LogP contribution in [0.2, 0.25) is 0 Å². The maximum absolute atomic E-state index is 11.5. The Morgan fingerprint density at radius 2 is 2.12 bits per heavy atom. The van der Waals surface area contributed by atoms with Crippen molar-refractivity contribution in [2.75, 3.05) is 5.75 Å². The molecule has 0 atom stereocenters. The quantitative estimate of drug-likeness (QED) is 0.761. The van der Waals surface area contributed by atoms with E-state index < -0.39 is 9.84 Å². The molecular weight excluding hydrogens is 250 g/mol. The number of imidazole rings is 1. The van der Waals surface area contributed by atoms with Gasteiger partial charge in [0.25, 0.3) is 0 Å². The molecule has 0 aliphatic carbocycles. The Balaban J connectivity index is 0.000000963. The summed E-state index contributed by atoms with van der Waals surface area (Å²) in [5.41, 5.74) is 3.17. The van der Waals surface area contributed by atoms with Crippen LogP contribution in [0.25, 0.3) is 11.0 Å². The normalized spacial score (nSPS) is 17.8. The monoisotopic (exact) mass is 259 g/mol. The maximum atomic E-state index is 11.5. The van der Waals surface area contributed by atoms with Crippen LogP contribution in [0.1, 0.15) is 11.3 Å². The molecule has 0 unspecified atom stereocenters. The molecule has 16 heavy (non-hydrogen) atoms. The summed E-state index contributed by atoms with van der Waals surface area (Å²) in [5, 5.41) is 0. The summed E-state index contributed by atoms with van der Waals surface area (Å²) in [6.45, 7) is 0. The van der Waals surface area contributed by atoms with Gasteiger partial charge in [-0.1, -0.05) is 0 Å². The topological polar surface area (TPSA) is 75.7 Å². The first-order valence-corrected chi connectivity index (χ1v) is 6.48. The average molecular weight is 260 g/mol. The van der Waals surface area contributed by atoms with Gasteiger partial charge in [0, 0.05) is 17.7 Å². The number of sulfone groups is 1. The van der Waals surface area contributed by atoms with Crippen molar-refractivity contribution in [3.63, 3.8) is 0 Å². The predicted octanol–water partition coefficient (Wildman–Crippen LogP) is 0.851. The van der Waals surface area contributed by atoms with E-state index in [1.807, 2.05) is 0 Å². The highest BCUT2D eigenvalue weighted by molar-refractivity contribution is 7.90. The predicted molar refractivity (Wildman–Crippen MR) is 62.3 cm³/mol. The van der Waals surface area contributed by atoms with Crippen molar-refractivity contribution in [3.05, 3.63) is 23.8 Å². The maximum Gasteiger partial charge on any atom is 0.154 e. The molecule has 7 heteroatoms. The number of pyridine rings is 1. The van der Waals surface area contributed by atoms with Gasteiger partial charge in [-0.05, 0) is 0 Å². The largest absolute Gasteiger partial charge is 0.343 e. The van der Waals surface area contributed by atoms with Gasteiger partial charge < -0.3 is 4.98 Å². The van der Waals surface area contributed by atoms with Crippen LogP contribution in [-0.4, -0.2) is 29.1 Å². The number of rotatable bonds is 0. The van der Waals surface area contributed by atoms with E-state index in [2.05, 4.69) is 15.0 Å². The Morgan fingerprint density at radius 3 is 2.94 bits per heavy atom. The Bertz CT molecular complexity index is 635. The second-order valence-corrected chi connectivity index (χ2v) is 5.87. The van der Waals surface area contributed by atoms with E-state index in [0.29, 0.717) is 6.42 Å². The van der Waals surface area contributed by atoms with E-state index in [0.717, 1.165) is 22.3 Å². The molecule has 0 saturated carbocycles. The second-order valence-electron chi connectivity index (χ2n) is 3.69. The molecule has 0 fully saturated rings. The molecule has 0 bridgehead atoms. The molecule has 0 saturated heterocycles. The van der Waals surface area contributed by atoms with Crippen molar-refractivity contribution in [1.82, 2.24) is 15.0 Å². The van der Waals surface area contributed by atoms with Crippen LogP contribution in [0.5, 0.6) is 0 Å². The summed E-state index contributed by atoms with van der Waals surface area (Å²) >= 11 is 0. The van der Waals surface area contributed by atoms with Gasteiger partial charge in [-0.2, -0.15) is 0 Å². The molecule has 1 N–H and O–H groups in total. The van der Waals surface area contributed by atoms with Crippen LogP contribution in [0.3, 0.4) is 0 Å². The lowest BCUT2D eigenvalue weighted by atomic mass is 10.1. The zero-order chi connectivity index (χ0) is 10.5. The zero-order valence-corrected chi connectivity index (χ0v) is 9.94. The summed E-state index contributed by atoms with van der Waals surface area (Å²) in [4.78, 5) is 11.3. The van der Waals surface area contributed by atoms with E-state index >= 15 is 0 Å². The Morgan fingerprint density at radius 1 is 1.31 bits per heavy atom. The van der Waals surface area contributed by atoms with Gasteiger partial charge in [-0.25, -0.2) is 13.4 Å². The van der Waals surface area contributed by atoms with Gasteiger partial charge in [0.2, 0.25) is 0 Å². The molecule has 3 heterocycles. The molecule has 2 aromatic rings. The number of nitrogens with one attached hydrogen (secondary N) is 1. The highest BCUT2D eigenvalue weighted by Crippen LogP contribution is 2.24. The molecule has 86 valence electrons. The van der Waals surface area contributed by atoms with Gasteiger partial charge in [-0.3, -0.25) is 4.98 Å². The van der Waals surface area contributed by atoms with Crippen LogP contribution >= 0.6 is 12.4 Å². The number of aryl methyl sites for hydroxylation is 1. The highest BCUT2D eigenvalue weighted by Gasteiger charge is 2.24. The van der Waals surface area contributed by atoms with Crippen LogP contribution in [0.15, 0.2) is 12.5 Å². The van der Waals surface area contributed by atoms with Crippen LogP contribution in [0.4, 0.5) is 0 Å². The number of H-pyrrole nitrogens is 1. The van der Waals surface area contributed by atoms with Crippen molar-refractivity contribution in [1.29, 1.82) is 0 Å². The fourth-order valence-corrected chi connectivity index (χ4v) is 3.30. The Labute approximate surface area is 98.6 Å². The van der Waals surface area contributed by atoms with Crippen LogP contribution in [0, 0.1) is 0 Å². The Kier molecular flexibility index (Phi) is 2.63. The van der Waals surface area contributed by atoms with E-state index in [4.69, 9.17) is 0 Å². The van der Waals surface area contributed by atoms with Crippen molar-refractivity contribution < 1.29 is 8.42 Å². The van der Waals surface area contributed by atoms with Gasteiger partial charge in [0.1, 0.15) is 0 Å². The minimum absolute atomic E-state index is 0. The smallest absolute Gasteiger partial charge is 0.154 e. The molecule has 5 nitrogen and oxygen atoms in total. The number of aromatic nitrogens is 3. The molecule has 0 aromatic carbocycles. The molecule has 0 amide bonds. The number of aromatic amines is 1. The third-order valence-electron chi connectivity index (χ3n) is 2.67. The van der Waals surface area contributed by atoms with Gasteiger partial charge in [-0.15, -0.1) is 12.4 Å². The summed E-state index contributed by atoms with van der Waals surface area (Å²) in [5.74, 6) is 0.264. The minimum Gasteiger partial charge on any atom is -0.343 e. The van der Waals surface area contributed by atoms with E-state index in [9.17, 15) is 8.42 Å². The lowest BCUT2D eigenvalue weighted by Crippen LogP contribution is -2.20. The van der Waals surface area contributed by atoms with Crippen molar-refractivity contribution >= 4 is 33.3 Å². The molecule has 1 aliphatic heterocycles. The summed E-state index contributed by atoms with van der Waals surface area (Å²) in [6.07, 6.45) is 3.77. The summed E-state index contributed by atoms with van der Waals surface area (Å²) < 4.78 is 23.0. The van der Waals surface area contributed by atoms with Crippen molar-refractivity contribution in [2.45, 2.75) is 12.2 Å². The Hall–Kier alpha value is -1.14. The molecular formula is C9H10ClN3O2S. The van der Waals surface area contributed by atoms with Crippen LogP contribution in [-0.2, 0) is 22.0 Å². The number of hydrogen-bond acceptors (Lipinski definition) is 4. The number of hydrogen-bond donors (Lipinski definition) is 1. The van der Waals surface area contributed by atoms with Crippen LogP contribution < -0.4 is 0 Å². The fourth-order valence-electron chi connectivity index (χ4n) is 1.91. The summed E-state index contributed by atoms with van der Waals surface area (Å²) in [6, 6.07) is 0. The first kappa shape index (κ1) is 11.3. The third-order valence-corrected chi connectivity index (χ3v) is 4.22. The number of fused-ring (bicyclic) bond motifs is 3. The van der Waals surface area contributed by atoms with Gasteiger partial charge in [0.05, 0.1) is 35.1 Å². The molecule has 1 aliphatic rings. The van der Waals surface area contributed by atoms with Gasteiger partial charge in [0.15, 0.2) is 9.84 Å². The minimum atomic E-state index is -2.96. The molecule has 3 rings (SSSR count). The SMILES string of the molecule is Cl.O=S1(=O)CCc2ncc3[nH]cnc3c2C1. The number of nitrogens with zero attached hydrogens (tertiary/aromatic N) is 2. The zero-order valence-electron chi connectivity index (χ0n) is 8.30. The highest BCUT2D eigenvalue weighted by atomic mass is 35.5. The summed E-state index contributed by atoms with van der Waals surface area (Å²) in [7, 11) is -2.96. The van der Waals surface area contributed by atoms with E-state index in [-0.39, 0.29) is 23.9 Å². The molecule has 2 aromatic heterocycles. The second kappa shape index (κ2) is 3.71. The fraction of sp³-hybridized carbons (Fsp3) is 0.333. The molecule has 0 radical (unpaired) electrons. The van der Waals surface area contributed by atoms with E-state index in [1.165, 1.54) is 0 Å². The first-order valence-electron chi connectivity index (χ1n) is 4.66. The van der Waals surface area contributed by atoms with Crippen molar-refractivity contribution in [2.24, 2.45) is 0 Å². The lowest BCUT2D eigenvalue weighted by molar-refractivity contribution is 0.591. The number of halogens is 1.